The summed E-state index contributed by atoms with van der Waals surface area (Å²) in [5, 5.41) is 11.5. The summed E-state index contributed by atoms with van der Waals surface area (Å²) in [5.74, 6) is -0.167. The predicted octanol–water partition coefficient (Wildman–Crippen LogP) is 4.66. The molecular formula is C10H5BrCl2N2O2. The second-order valence-corrected chi connectivity index (χ2v) is 4.85. The molecule has 2 rings (SSSR count). The van der Waals surface area contributed by atoms with Crippen LogP contribution >= 0.6 is 39.1 Å². The maximum absolute atomic E-state index is 10.7. The number of nitro groups is 1. The number of aromatic amines is 1. The van der Waals surface area contributed by atoms with Crippen molar-refractivity contribution in [1.82, 2.24) is 4.98 Å². The average molecular weight is 336 g/mol. The number of hydrogen-bond acceptors (Lipinski definition) is 2. The zero-order valence-electron chi connectivity index (χ0n) is 8.21. The lowest BCUT2D eigenvalue weighted by Crippen LogP contribution is -1.87. The highest BCUT2D eigenvalue weighted by atomic mass is 79.9. The van der Waals surface area contributed by atoms with Crippen molar-refractivity contribution in [2.24, 2.45) is 0 Å². The molecule has 1 N–H and O–H groups in total. The first-order chi connectivity index (χ1) is 8.00. The molecule has 2 aromatic rings. The minimum absolute atomic E-state index is 0.167. The minimum Gasteiger partial charge on any atom is -0.358 e. The molecule has 0 aliphatic carbocycles. The molecule has 0 aliphatic heterocycles. The lowest BCUT2D eigenvalue weighted by atomic mass is 10.1. The summed E-state index contributed by atoms with van der Waals surface area (Å²) in [6, 6.07) is 6.87. The van der Waals surface area contributed by atoms with Crippen molar-refractivity contribution in [3.05, 3.63) is 49.0 Å². The van der Waals surface area contributed by atoms with Crippen molar-refractivity contribution in [3.8, 4) is 11.1 Å². The van der Waals surface area contributed by atoms with E-state index in [0.29, 0.717) is 15.1 Å². The van der Waals surface area contributed by atoms with Crippen LogP contribution in [0.15, 0.2) is 28.7 Å². The highest BCUT2D eigenvalue weighted by Gasteiger charge is 2.23. The lowest BCUT2D eigenvalue weighted by Gasteiger charge is -1.99. The second kappa shape index (κ2) is 4.68. The number of benzene rings is 1. The first-order valence-corrected chi connectivity index (χ1v) is 6.03. The monoisotopic (exact) mass is 334 g/mol. The molecule has 1 aromatic carbocycles. The Morgan fingerprint density at radius 1 is 1.24 bits per heavy atom. The van der Waals surface area contributed by atoms with Crippen LogP contribution in [0.1, 0.15) is 0 Å². The van der Waals surface area contributed by atoms with E-state index < -0.39 is 4.92 Å². The summed E-state index contributed by atoms with van der Waals surface area (Å²) in [7, 11) is 0. The summed E-state index contributed by atoms with van der Waals surface area (Å²) >= 11 is 14.9. The summed E-state index contributed by atoms with van der Waals surface area (Å²) < 4.78 is 0.329. The van der Waals surface area contributed by atoms with E-state index in [1.54, 1.807) is 24.3 Å². The Kier molecular flexibility index (Phi) is 3.42. The standard InChI is InChI=1S/C10H5BrCl2N2O2/c11-8-7(5-1-3-6(12)4-2-5)9(13)14-10(8)15(16)17/h1-4,14H. The molecule has 17 heavy (non-hydrogen) atoms. The zero-order valence-corrected chi connectivity index (χ0v) is 11.3. The van der Waals surface area contributed by atoms with Crippen LogP contribution in [-0.2, 0) is 0 Å². The van der Waals surface area contributed by atoms with Gasteiger partial charge in [0.1, 0.15) is 4.47 Å². The van der Waals surface area contributed by atoms with Crippen LogP contribution in [0.25, 0.3) is 11.1 Å². The Morgan fingerprint density at radius 2 is 1.82 bits per heavy atom. The zero-order chi connectivity index (χ0) is 12.6. The van der Waals surface area contributed by atoms with E-state index in [-0.39, 0.29) is 11.0 Å². The van der Waals surface area contributed by atoms with Crippen molar-refractivity contribution in [2.75, 3.05) is 0 Å². The van der Waals surface area contributed by atoms with Crippen LogP contribution < -0.4 is 0 Å². The number of rotatable bonds is 2. The first kappa shape index (κ1) is 12.4. The molecule has 0 fully saturated rings. The number of nitrogens with one attached hydrogen (secondary N) is 1. The summed E-state index contributed by atoms with van der Waals surface area (Å²) in [6.07, 6.45) is 0. The van der Waals surface area contributed by atoms with Crippen LogP contribution in [0.5, 0.6) is 0 Å². The molecular weight excluding hydrogens is 331 g/mol. The van der Waals surface area contributed by atoms with Gasteiger partial charge in [0.15, 0.2) is 0 Å². The lowest BCUT2D eigenvalue weighted by molar-refractivity contribution is -0.389. The maximum atomic E-state index is 10.7. The fourth-order valence-corrected chi connectivity index (χ4v) is 2.64. The third kappa shape index (κ3) is 2.31. The quantitative estimate of drug-likeness (QED) is 0.641. The van der Waals surface area contributed by atoms with Gasteiger partial charge in [-0.3, -0.25) is 0 Å². The van der Waals surface area contributed by atoms with Gasteiger partial charge in [-0.25, -0.2) is 4.98 Å². The van der Waals surface area contributed by atoms with Gasteiger partial charge in [0, 0.05) is 5.02 Å². The Bertz CT molecular complexity index is 581. The van der Waals surface area contributed by atoms with Gasteiger partial charge in [-0.15, -0.1) is 0 Å². The first-order valence-electron chi connectivity index (χ1n) is 4.48. The van der Waals surface area contributed by atoms with Crippen LogP contribution in [-0.4, -0.2) is 9.91 Å². The third-order valence-electron chi connectivity index (χ3n) is 2.19. The largest absolute Gasteiger partial charge is 0.358 e. The van der Waals surface area contributed by atoms with Crippen LogP contribution in [0.3, 0.4) is 0 Å². The molecule has 0 atom stereocenters. The molecule has 0 spiro atoms. The van der Waals surface area contributed by atoms with E-state index >= 15 is 0 Å². The molecule has 0 amide bonds. The van der Waals surface area contributed by atoms with Crippen LogP contribution in [0, 0.1) is 10.1 Å². The van der Waals surface area contributed by atoms with E-state index in [4.69, 9.17) is 23.2 Å². The number of H-pyrrole nitrogens is 1. The fourth-order valence-electron chi connectivity index (χ4n) is 1.43. The minimum atomic E-state index is -0.532. The van der Waals surface area contributed by atoms with Crippen molar-refractivity contribution in [3.63, 3.8) is 0 Å². The summed E-state index contributed by atoms with van der Waals surface area (Å²) in [4.78, 5) is 12.7. The van der Waals surface area contributed by atoms with E-state index in [2.05, 4.69) is 20.9 Å². The van der Waals surface area contributed by atoms with Crippen molar-refractivity contribution < 1.29 is 4.92 Å². The summed E-state index contributed by atoms with van der Waals surface area (Å²) in [5.41, 5.74) is 1.30. The van der Waals surface area contributed by atoms with Gasteiger partial charge in [-0.1, -0.05) is 23.7 Å². The number of aromatic nitrogens is 1. The van der Waals surface area contributed by atoms with Gasteiger partial charge in [0.25, 0.3) is 0 Å². The van der Waals surface area contributed by atoms with Gasteiger partial charge in [0.05, 0.1) is 5.56 Å². The molecule has 88 valence electrons. The van der Waals surface area contributed by atoms with Crippen molar-refractivity contribution in [1.29, 1.82) is 0 Å². The van der Waals surface area contributed by atoms with E-state index in [0.717, 1.165) is 5.56 Å². The van der Waals surface area contributed by atoms with Gasteiger partial charge >= 0.3 is 5.82 Å². The Balaban J connectivity index is 2.59. The van der Waals surface area contributed by atoms with Gasteiger partial charge in [0.2, 0.25) is 5.15 Å². The molecule has 0 aliphatic rings. The van der Waals surface area contributed by atoms with E-state index in [1.165, 1.54) is 0 Å². The van der Waals surface area contributed by atoms with Gasteiger partial charge < -0.3 is 10.1 Å². The van der Waals surface area contributed by atoms with Gasteiger partial charge in [-0.05, 0) is 50.2 Å². The van der Waals surface area contributed by atoms with Crippen molar-refractivity contribution >= 4 is 44.9 Å². The van der Waals surface area contributed by atoms with Crippen LogP contribution in [0.4, 0.5) is 5.82 Å². The van der Waals surface area contributed by atoms with Crippen LogP contribution in [0.2, 0.25) is 10.2 Å². The summed E-state index contributed by atoms with van der Waals surface area (Å²) in [6.45, 7) is 0. The van der Waals surface area contributed by atoms with Gasteiger partial charge in [-0.2, -0.15) is 0 Å². The Morgan fingerprint density at radius 3 is 2.29 bits per heavy atom. The predicted molar refractivity (Wildman–Crippen MR) is 70.6 cm³/mol. The average Bonchev–Trinajstić information content (AvgIpc) is 2.56. The molecule has 0 saturated heterocycles. The molecule has 0 radical (unpaired) electrons. The molecule has 1 aromatic heterocycles. The third-order valence-corrected chi connectivity index (χ3v) is 3.50. The number of hydrogen-bond donors (Lipinski definition) is 1. The highest BCUT2D eigenvalue weighted by Crippen LogP contribution is 2.40. The smallest absolute Gasteiger partial charge is 0.337 e. The molecule has 0 saturated carbocycles. The highest BCUT2D eigenvalue weighted by molar-refractivity contribution is 9.10. The number of nitrogens with zero attached hydrogens (tertiary/aromatic N) is 1. The topological polar surface area (TPSA) is 58.9 Å². The van der Waals surface area contributed by atoms with E-state index in [1.807, 2.05) is 0 Å². The normalized spacial score (nSPS) is 10.5. The molecule has 0 bridgehead atoms. The van der Waals surface area contributed by atoms with Crippen molar-refractivity contribution in [2.45, 2.75) is 0 Å². The fraction of sp³-hybridized carbons (Fsp3) is 0. The maximum Gasteiger partial charge on any atom is 0.337 e. The molecule has 4 nitrogen and oxygen atoms in total. The Labute approximate surface area is 115 Å². The molecule has 1 heterocycles. The molecule has 7 heteroatoms. The SMILES string of the molecule is O=[N+]([O-])c1[nH]c(Cl)c(-c2ccc(Cl)cc2)c1Br. The molecule has 0 unspecified atom stereocenters. The number of halogens is 3. The van der Waals surface area contributed by atoms with E-state index in [9.17, 15) is 10.1 Å². The second-order valence-electron chi connectivity index (χ2n) is 3.24. The Hall–Kier alpha value is -1.04.